The quantitative estimate of drug-likeness (QED) is 0.141. The normalized spacial score (nSPS) is 22.7. The summed E-state index contributed by atoms with van der Waals surface area (Å²) in [6.45, 7) is 16.5. The van der Waals surface area contributed by atoms with Gasteiger partial charge in [0.25, 0.3) is 11.8 Å². The van der Waals surface area contributed by atoms with E-state index in [-0.39, 0.29) is 29.4 Å². The van der Waals surface area contributed by atoms with Crippen molar-refractivity contribution < 1.29 is 23.5 Å². The molecule has 3 N–H and O–H groups in total. The van der Waals surface area contributed by atoms with Crippen LogP contribution in [0.2, 0.25) is 0 Å². The maximum Gasteiger partial charge on any atom is 0.257 e. The van der Waals surface area contributed by atoms with Gasteiger partial charge in [-0.3, -0.25) is 19.4 Å². The van der Waals surface area contributed by atoms with E-state index in [1.54, 1.807) is 10.7 Å². The fourth-order valence-corrected chi connectivity index (χ4v) is 9.05. The Labute approximate surface area is 351 Å². The average molecular weight is 818 g/mol. The fourth-order valence-electron chi connectivity index (χ4n) is 9.05. The molecular formula is C46H56FN9O4. The zero-order valence-corrected chi connectivity index (χ0v) is 35.2. The third-order valence-electron chi connectivity index (χ3n) is 11.9. The number of carbonyl (C=O) groups is 2. The van der Waals surface area contributed by atoms with Gasteiger partial charge < -0.3 is 25.4 Å². The summed E-state index contributed by atoms with van der Waals surface area (Å²) < 4.78 is 28.4. The van der Waals surface area contributed by atoms with E-state index in [2.05, 4.69) is 85.9 Å². The minimum absolute atomic E-state index is 0.0184. The molecule has 8 rings (SSSR count). The molecule has 1 aliphatic carbocycles. The van der Waals surface area contributed by atoms with Gasteiger partial charge in [0.1, 0.15) is 22.7 Å². The second-order valence-electron chi connectivity index (χ2n) is 17.0. The second kappa shape index (κ2) is 18.1. The lowest BCUT2D eigenvalue weighted by atomic mass is 9.91. The SMILES string of the molecule is Cc1cc(C)n2ncc(C(=O)NC3CCC(NC(=O)c4cc(F)cnc4Oc4cccc(-c5ccc(CN6CC(C)NC(C)C6)cc5CN5CCOCC5C)c4)CC3)c2n1. The molecule has 2 amide bonds. The number of rotatable bonds is 11. The lowest BCUT2D eigenvalue weighted by molar-refractivity contribution is -0.00431. The Hall–Kier alpha value is -5.28. The van der Waals surface area contributed by atoms with Gasteiger partial charge in [-0.2, -0.15) is 5.10 Å². The van der Waals surface area contributed by atoms with Crippen molar-refractivity contribution in [2.75, 3.05) is 32.8 Å². The molecular weight excluding hydrogens is 762 g/mol. The number of benzene rings is 2. The first-order valence-electron chi connectivity index (χ1n) is 21.2. The van der Waals surface area contributed by atoms with Crippen LogP contribution in [-0.4, -0.2) is 104 Å². The third-order valence-corrected chi connectivity index (χ3v) is 11.9. The number of nitrogens with zero attached hydrogens (tertiary/aromatic N) is 6. The fraction of sp³-hybridized carbons (Fsp3) is 0.457. The van der Waals surface area contributed by atoms with Gasteiger partial charge >= 0.3 is 0 Å². The maximum atomic E-state index is 14.7. The van der Waals surface area contributed by atoms with Gasteiger partial charge in [0.2, 0.25) is 5.88 Å². The van der Waals surface area contributed by atoms with Gasteiger partial charge in [0.05, 0.1) is 25.6 Å². The predicted octanol–water partition coefficient (Wildman–Crippen LogP) is 6.21. The van der Waals surface area contributed by atoms with Crippen LogP contribution in [0.5, 0.6) is 11.6 Å². The molecule has 0 spiro atoms. The van der Waals surface area contributed by atoms with Crippen molar-refractivity contribution in [2.24, 2.45) is 0 Å². The van der Waals surface area contributed by atoms with Gasteiger partial charge in [-0.05, 0) is 107 Å². The van der Waals surface area contributed by atoms with E-state index in [0.29, 0.717) is 74.0 Å². The molecule has 3 aliphatic rings. The van der Waals surface area contributed by atoms with Crippen molar-refractivity contribution in [1.82, 2.24) is 45.3 Å². The molecule has 60 heavy (non-hydrogen) atoms. The molecule has 5 heterocycles. The lowest BCUT2D eigenvalue weighted by Gasteiger charge is -2.36. The molecule has 3 atom stereocenters. The molecule has 2 aliphatic heterocycles. The van der Waals surface area contributed by atoms with E-state index in [1.807, 2.05) is 38.1 Å². The molecule has 1 saturated carbocycles. The molecule has 2 saturated heterocycles. The summed E-state index contributed by atoms with van der Waals surface area (Å²) in [6.07, 6.45) is 5.23. The number of ether oxygens (including phenoxy) is 2. The van der Waals surface area contributed by atoms with Crippen LogP contribution >= 0.6 is 0 Å². The number of halogens is 1. The van der Waals surface area contributed by atoms with Crippen LogP contribution in [0.4, 0.5) is 4.39 Å². The second-order valence-corrected chi connectivity index (χ2v) is 17.0. The molecule has 5 aromatic rings. The van der Waals surface area contributed by atoms with Crippen LogP contribution in [0.15, 0.2) is 67.0 Å². The largest absolute Gasteiger partial charge is 0.438 e. The first-order valence-corrected chi connectivity index (χ1v) is 21.2. The van der Waals surface area contributed by atoms with E-state index >= 15 is 0 Å². The van der Waals surface area contributed by atoms with Crippen LogP contribution < -0.4 is 20.7 Å². The Balaban J connectivity index is 0.943. The highest BCUT2D eigenvalue weighted by atomic mass is 19.1. The Kier molecular flexibility index (Phi) is 12.5. The highest BCUT2D eigenvalue weighted by Crippen LogP contribution is 2.33. The average Bonchev–Trinajstić information content (AvgIpc) is 3.64. The number of amides is 2. The van der Waals surface area contributed by atoms with Crippen molar-refractivity contribution in [2.45, 2.75) is 104 Å². The number of piperazine rings is 1. The molecule has 0 bridgehead atoms. The Morgan fingerprint density at radius 3 is 2.37 bits per heavy atom. The van der Waals surface area contributed by atoms with E-state index in [0.717, 1.165) is 61.4 Å². The summed E-state index contributed by atoms with van der Waals surface area (Å²) in [5, 5.41) is 14.2. The third kappa shape index (κ3) is 9.68. The number of morpholine rings is 1. The van der Waals surface area contributed by atoms with Crippen molar-refractivity contribution >= 4 is 17.5 Å². The lowest BCUT2D eigenvalue weighted by Crippen LogP contribution is -2.53. The molecule has 13 nitrogen and oxygen atoms in total. The van der Waals surface area contributed by atoms with Crippen LogP contribution in [-0.2, 0) is 17.8 Å². The summed E-state index contributed by atoms with van der Waals surface area (Å²) in [4.78, 5) is 40.7. The minimum atomic E-state index is -0.632. The van der Waals surface area contributed by atoms with Gasteiger partial charge in [0, 0.05) is 74.3 Å². The smallest absolute Gasteiger partial charge is 0.257 e. The summed E-state index contributed by atoms with van der Waals surface area (Å²) in [7, 11) is 0. The first kappa shape index (κ1) is 41.5. The molecule has 3 unspecified atom stereocenters. The number of nitrogens with one attached hydrogen (secondary N) is 3. The monoisotopic (exact) mass is 817 g/mol. The van der Waals surface area contributed by atoms with E-state index in [4.69, 9.17) is 9.47 Å². The van der Waals surface area contributed by atoms with Gasteiger partial charge in [-0.1, -0.05) is 30.3 Å². The topological polar surface area (TPSA) is 138 Å². The number of hydrogen-bond donors (Lipinski definition) is 3. The molecule has 2 aromatic carbocycles. The van der Waals surface area contributed by atoms with Crippen LogP contribution in [0.1, 0.15) is 89.7 Å². The summed E-state index contributed by atoms with van der Waals surface area (Å²) >= 11 is 0. The molecule has 3 fully saturated rings. The Morgan fingerprint density at radius 1 is 0.900 bits per heavy atom. The Bertz CT molecular complexity index is 2330. The maximum absolute atomic E-state index is 14.7. The summed E-state index contributed by atoms with van der Waals surface area (Å²) in [5.41, 5.74) is 7.27. The minimum Gasteiger partial charge on any atom is -0.438 e. The van der Waals surface area contributed by atoms with Crippen molar-refractivity contribution in [3.63, 3.8) is 0 Å². The van der Waals surface area contributed by atoms with Crippen LogP contribution in [0.3, 0.4) is 0 Å². The zero-order chi connectivity index (χ0) is 41.9. The standard InChI is InChI=1S/C46H56FN9O4/c1-28-17-31(4)56-43(51-28)42(22-49-56)45(58)53-38-12-10-37(11-13-38)52-44(57)41-20-36(47)21-48-46(41)60-39-8-6-7-34(19-39)40-14-9-33(25-54-23-29(2)50-30(3)24-54)18-35(40)26-55-15-16-59-27-32(55)5/h6-9,14,17-22,29-30,32,37-38,50H,10-13,15-16,23-27H2,1-5H3,(H,52,57)(H,53,58). The summed E-state index contributed by atoms with van der Waals surface area (Å²) in [6, 6.07) is 18.6. The van der Waals surface area contributed by atoms with E-state index < -0.39 is 11.7 Å². The first-order chi connectivity index (χ1) is 28.9. The van der Waals surface area contributed by atoms with Gasteiger partial charge in [0.15, 0.2) is 5.65 Å². The van der Waals surface area contributed by atoms with Gasteiger partial charge in [-0.15, -0.1) is 0 Å². The number of fused-ring (bicyclic) bond motifs is 1. The van der Waals surface area contributed by atoms with Gasteiger partial charge in [-0.25, -0.2) is 18.9 Å². The number of pyridine rings is 1. The number of carbonyl (C=O) groups excluding carboxylic acids is 2. The Morgan fingerprint density at radius 2 is 1.63 bits per heavy atom. The van der Waals surface area contributed by atoms with Crippen molar-refractivity contribution in [3.8, 4) is 22.8 Å². The molecule has 3 aromatic heterocycles. The number of aromatic nitrogens is 4. The van der Waals surface area contributed by atoms with E-state index in [1.165, 1.54) is 17.2 Å². The van der Waals surface area contributed by atoms with Crippen LogP contribution in [0, 0.1) is 19.7 Å². The molecule has 0 radical (unpaired) electrons. The highest BCUT2D eigenvalue weighted by Gasteiger charge is 2.28. The number of hydrogen-bond acceptors (Lipinski definition) is 10. The van der Waals surface area contributed by atoms with E-state index in [9.17, 15) is 14.0 Å². The van der Waals surface area contributed by atoms with Crippen LogP contribution in [0.25, 0.3) is 16.8 Å². The van der Waals surface area contributed by atoms with Crippen molar-refractivity contribution in [1.29, 1.82) is 0 Å². The predicted molar refractivity (Wildman–Crippen MR) is 228 cm³/mol. The molecule has 14 heteroatoms. The van der Waals surface area contributed by atoms with Crippen molar-refractivity contribution in [3.05, 3.63) is 106 Å². The highest BCUT2D eigenvalue weighted by molar-refractivity contribution is 6.00. The molecule has 316 valence electrons. The number of aryl methyl sites for hydroxylation is 2. The summed E-state index contributed by atoms with van der Waals surface area (Å²) in [5.74, 6) is -0.803. The zero-order valence-electron chi connectivity index (χ0n) is 35.2.